The smallest absolute Gasteiger partial charge is 0.160 e. The Morgan fingerprint density at radius 3 is 1.86 bits per heavy atom. The predicted octanol–water partition coefficient (Wildman–Crippen LogP) is 1.87. The molecule has 14 heavy (non-hydrogen) atoms. The van der Waals surface area contributed by atoms with Gasteiger partial charge in [0, 0.05) is 11.0 Å². The first-order chi connectivity index (χ1) is 6.08. The largest absolute Gasteiger partial charge is 0.310 e. The minimum atomic E-state index is -0.324. The summed E-state index contributed by atoms with van der Waals surface area (Å²) in [6.07, 6.45) is 0. The second kappa shape index (κ2) is 4.69. The predicted molar refractivity (Wildman–Crippen MR) is 63.6 cm³/mol. The molecule has 3 nitrogen and oxygen atoms in total. The maximum atomic E-state index is 11.9. The molecule has 2 unspecified atom stereocenters. The first kappa shape index (κ1) is 14.0. The zero-order valence-corrected chi connectivity index (χ0v) is 11.1. The molecule has 0 saturated heterocycles. The highest BCUT2D eigenvalue weighted by molar-refractivity contribution is 7.37. The molecule has 0 heterocycles. The molecule has 0 aromatic heterocycles. The molecule has 2 atom stereocenters. The third kappa shape index (κ3) is 5.04. The van der Waals surface area contributed by atoms with Crippen LogP contribution in [0.25, 0.3) is 0 Å². The van der Waals surface area contributed by atoms with Crippen LogP contribution in [0.3, 0.4) is 0 Å². The summed E-state index contributed by atoms with van der Waals surface area (Å²) in [6.45, 7) is 11.9. The van der Waals surface area contributed by atoms with Gasteiger partial charge in [0.2, 0.25) is 0 Å². The van der Waals surface area contributed by atoms with Crippen molar-refractivity contribution in [2.24, 2.45) is 10.9 Å². The van der Waals surface area contributed by atoms with E-state index in [4.69, 9.17) is 5.50 Å². The Morgan fingerprint density at radius 2 is 1.64 bits per heavy atom. The van der Waals surface area contributed by atoms with Gasteiger partial charge in [0.05, 0.1) is 5.78 Å². The molecule has 0 fully saturated rings. The zero-order valence-electron chi connectivity index (χ0n) is 10.1. The van der Waals surface area contributed by atoms with E-state index in [1.165, 1.54) is 0 Å². The highest BCUT2D eigenvalue weighted by Gasteiger charge is 2.30. The van der Waals surface area contributed by atoms with E-state index >= 15 is 0 Å². The summed E-state index contributed by atoms with van der Waals surface area (Å²) in [7, 11) is 0.116. The number of nitrogens with two attached hydrogens (primary N) is 1. The van der Waals surface area contributed by atoms with Gasteiger partial charge in [-0.2, -0.15) is 0 Å². The van der Waals surface area contributed by atoms with E-state index in [2.05, 4.69) is 5.32 Å². The van der Waals surface area contributed by atoms with Gasteiger partial charge >= 0.3 is 0 Å². The molecule has 0 amide bonds. The minimum Gasteiger partial charge on any atom is -0.310 e. The Hall–Kier alpha value is 0.0200. The van der Waals surface area contributed by atoms with Crippen molar-refractivity contribution in [2.75, 3.05) is 0 Å². The quantitative estimate of drug-likeness (QED) is 0.711. The molecular formula is C10H23N2OP. The third-order valence-corrected chi connectivity index (χ3v) is 2.49. The molecule has 4 heteroatoms. The molecule has 0 spiro atoms. The zero-order chi connectivity index (χ0) is 11.6. The summed E-state index contributed by atoms with van der Waals surface area (Å²) in [5.41, 5.74) is 5.23. The second-order valence-corrected chi connectivity index (χ2v) is 6.52. The van der Waals surface area contributed by atoms with Crippen molar-refractivity contribution in [3.63, 3.8) is 0 Å². The van der Waals surface area contributed by atoms with Crippen molar-refractivity contribution < 1.29 is 4.79 Å². The number of carbonyl (C=O) groups is 1. The molecule has 0 radical (unpaired) electrons. The Bertz CT molecular complexity index is 203. The Balaban J connectivity index is 4.51. The summed E-state index contributed by atoms with van der Waals surface area (Å²) < 4.78 is 0. The Labute approximate surface area is 89.0 Å². The lowest BCUT2D eigenvalue weighted by Gasteiger charge is -2.30. The van der Waals surface area contributed by atoms with E-state index in [1.807, 2.05) is 41.5 Å². The summed E-state index contributed by atoms with van der Waals surface area (Å²) in [5, 5.41) is 3.25. The van der Waals surface area contributed by atoms with Gasteiger partial charge in [-0.3, -0.25) is 10.1 Å². The van der Waals surface area contributed by atoms with Gasteiger partial charge < -0.3 is 5.50 Å². The maximum Gasteiger partial charge on any atom is 0.160 e. The van der Waals surface area contributed by atoms with Crippen LogP contribution < -0.4 is 10.8 Å². The Morgan fingerprint density at radius 1 is 1.21 bits per heavy atom. The van der Waals surface area contributed by atoms with Crippen LogP contribution in [0.2, 0.25) is 0 Å². The fraction of sp³-hybridized carbons (Fsp3) is 0.900. The average molecular weight is 218 g/mol. The lowest BCUT2D eigenvalue weighted by Crippen LogP contribution is -2.49. The molecule has 0 bridgehead atoms. The van der Waals surface area contributed by atoms with Crippen LogP contribution in [0.4, 0.5) is 0 Å². The molecule has 0 aliphatic heterocycles. The van der Waals surface area contributed by atoms with Gasteiger partial charge in [-0.1, -0.05) is 20.8 Å². The summed E-state index contributed by atoms with van der Waals surface area (Å²) in [4.78, 5) is 11.9. The van der Waals surface area contributed by atoms with E-state index in [-0.39, 0.29) is 31.3 Å². The summed E-state index contributed by atoms with van der Waals surface area (Å²) >= 11 is 0. The monoisotopic (exact) mass is 218 g/mol. The SMILES string of the molecule is CC(C)(C)NC(PN)C(=O)C(C)(C)C. The van der Waals surface area contributed by atoms with Crippen molar-refractivity contribution in [1.29, 1.82) is 0 Å². The van der Waals surface area contributed by atoms with E-state index in [1.54, 1.807) is 0 Å². The van der Waals surface area contributed by atoms with E-state index < -0.39 is 0 Å². The summed E-state index contributed by atoms with van der Waals surface area (Å²) in [6, 6.07) is 0. The van der Waals surface area contributed by atoms with Crippen molar-refractivity contribution in [3.05, 3.63) is 0 Å². The van der Waals surface area contributed by atoms with Crippen LogP contribution in [-0.2, 0) is 4.79 Å². The number of ketones is 1. The van der Waals surface area contributed by atoms with Gasteiger partial charge in [0.1, 0.15) is 0 Å². The van der Waals surface area contributed by atoms with Gasteiger partial charge in [-0.15, -0.1) is 0 Å². The molecular weight excluding hydrogens is 195 g/mol. The van der Waals surface area contributed by atoms with Gasteiger partial charge in [-0.25, -0.2) is 0 Å². The fourth-order valence-corrected chi connectivity index (χ4v) is 2.15. The molecule has 0 aliphatic rings. The van der Waals surface area contributed by atoms with Crippen molar-refractivity contribution in [3.8, 4) is 0 Å². The lowest BCUT2D eigenvalue weighted by molar-refractivity contribution is -0.126. The minimum absolute atomic E-state index is 0.0715. The van der Waals surface area contributed by atoms with Gasteiger partial charge in [-0.05, 0) is 29.5 Å². The number of hydrogen-bond acceptors (Lipinski definition) is 3. The highest BCUT2D eigenvalue weighted by Crippen LogP contribution is 2.24. The van der Waals surface area contributed by atoms with Crippen LogP contribution >= 0.6 is 8.73 Å². The maximum absolute atomic E-state index is 11.9. The Kier molecular flexibility index (Phi) is 4.70. The third-order valence-electron chi connectivity index (χ3n) is 1.75. The van der Waals surface area contributed by atoms with E-state index in [9.17, 15) is 4.79 Å². The van der Waals surface area contributed by atoms with Crippen molar-refractivity contribution in [1.82, 2.24) is 5.32 Å². The lowest BCUT2D eigenvalue weighted by atomic mass is 9.90. The molecule has 3 N–H and O–H groups in total. The number of nitrogens with one attached hydrogen (secondary N) is 1. The van der Waals surface area contributed by atoms with Crippen LogP contribution in [0, 0.1) is 5.41 Å². The average Bonchev–Trinajstić information content (AvgIpc) is 1.95. The van der Waals surface area contributed by atoms with Gasteiger partial charge in [0.15, 0.2) is 5.78 Å². The first-order valence-corrected chi connectivity index (χ1v) is 6.01. The van der Waals surface area contributed by atoms with Crippen LogP contribution in [0.5, 0.6) is 0 Å². The number of hydrogen-bond donors (Lipinski definition) is 2. The second-order valence-electron chi connectivity index (χ2n) is 5.61. The molecule has 84 valence electrons. The molecule has 0 aromatic carbocycles. The van der Waals surface area contributed by atoms with Crippen LogP contribution in [0.15, 0.2) is 0 Å². The standard InChI is InChI=1S/C10H23N2OP/c1-9(2,3)7(13)8(14-11)12-10(4,5)6/h8,12,14H,11H2,1-6H3. The number of rotatable bonds is 3. The first-order valence-electron chi connectivity index (χ1n) is 4.86. The topological polar surface area (TPSA) is 55.1 Å². The normalized spacial score (nSPS) is 16.2. The molecule has 0 rings (SSSR count). The number of carbonyl (C=O) groups excluding carboxylic acids is 1. The van der Waals surface area contributed by atoms with Crippen LogP contribution in [-0.4, -0.2) is 17.1 Å². The highest BCUT2D eigenvalue weighted by atomic mass is 31.1. The van der Waals surface area contributed by atoms with E-state index in [0.29, 0.717) is 0 Å². The molecule has 0 aromatic rings. The summed E-state index contributed by atoms with van der Waals surface area (Å²) in [5.74, 6) is -0.0248. The van der Waals surface area contributed by atoms with Crippen molar-refractivity contribution >= 4 is 14.5 Å². The molecule has 0 saturated carbocycles. The molecule has 0 aliphatic carbocycles. The van der Waals surface area contributed by atoms with Gasteiger partial charge in [0.25, 0.3) is 0 Å². The fourth-order valence-electron chi connectivity index (χ4n) is 1.05. The van der Waals surface area contributed by atoms with E-state index in [0.717, 1.165) is 0 Å². The van der Waals surface area contributed by atoms with Crippen LogP contribution in [0.1, 0.15) is 41.5 Å². The number of Topliss-reactive ketones (excluding diaryl/α,β-unsaturated/α-hetero) is 1. The van der Waals surface area contributed by atoms with Crippen molar-refractivity contribution in [2.45, 2.75) is 52.9 Å².